The molecule has 1 aromatic heterocycles. The van der Waals surface area contributed by atoms with Gasteiger partial charge in [0.25, 0.3) is 0 Å². The lowest BCUT2D eigenvalue weighted by Gasteiger charge is -2.11. The molecule has 0 aliphatic carbocycles. The summed E-state index contributed by atoms with van der Waals surface area (Å²) in [6, 6.07) is 3.27. The van der Waals surface area contributed by atoms with Crippen LogP contribution in [-0.4, -0.2) is 9.55 Å². The zero-order chi connectivity index (χ0) is 13.3. The van der Waals surface area contributed by atoms with Crippen LogP contribution in [0.5, 0.6) is 0 Å². The van der Waals surface area contributed by atoms with Gasteiger partial charge < -0.3 is 9.88 Å². The first-order valence-electron chi connectivity index (χ1n) is 4.98. The number of benzene rings is 1. The Morgan fingerprint density at radius 1 is 1.28 bits per heavy atom. The van der Waals surface area contributed by atoms with Crippen LogP contribution in [0.3, 0.4) is 0 Å². The molecule has 96 valence electrons. The number of nitrogens with zero attached hydrogens (tertiary/aromatic N) is 2. The van der Waals surface area contributed by atoms with Gasteiger partial charge in [-0.1, -0.05) is 11.6 Å². The van der Waals surface area contributed by atoms with Gasteiger partial charge in [0.15, 0.2) is 0 Å². The average Bonchev–Trinajstić information content (AvgIpc) is 2.62. The van der Waals surface area contributed by atoms with Crippen LogP contribution in [0.2, 0.25) is 5.02 Å². The number of aryl methyl sites for hydroxylation is 1. The number of halogens is 4. The Hall–Kier alpha value is -1.69. The molecule has 2 rings (SSSR count). The Kier molecular flexibility index (Phi) is 3.21. The van der Waals surface area contributed by atoms with E-state index in [-0.39, 0.29) is 10.7 Å². The first kappa shape index (κ1) is 12.8. The molecule has 3 nitrogen and oxygen atoms in total. The third kappa shape index (κ3) is 2.76. The maximum Gasteiger partial charge on any atom is 0.416 e. The number of hydrogen-bond acceptors (Lipinski definition) is 2. The van der Waals surface area contributed by atoms with Crippen LogP contribution in [0, 0.1) is 0 Å². The van der Waals surface area contributed by atoms with Gasteiger partial charge in [-0.3, -0.25) is 0 Å². The first-order chi connectivity index (χ1) is 8.36. The largest absolute Gasteiger partial charge is 0.416 e. The third-order valence-corrected chi connectivity index (χ3v) is 2.52. The van der Waals surface area contributed by atoms with Gasteiger partial charge >= 0.3 is 6.18 Å². The highest BCUT2D eigenvalue weighted by molar-refractivity contribution is 6.31. The summed E-state index contributed by atoms with van der Waals surface area (Å²) in [5.41, 5.74) is -0.559. The van der Waals surface area contributed by atoms with Crippen molar-refractivity contribution in [3.8, 4) is 0 Å². The van der Waals surface area contributed by atoms with Crippen molar-refractivity contribution in [2.75, 3.05) is 5.32 Å². The van der Waals surface area contributed by atoms with Gasteiger partial charge in [-0.05, 0) is 18.2 Å². The van der Waals surface area contributed by atoms with E-state index in [1.54, 1.807) is 17.8 Å². The SMILES string of the molecule is Cn1ccnc1Nc1cc(Cl)cc(C(F)(F)F)c1. The molecule has 0 spiro atoms. The summed E-state index contributed by atoms with van der Waals surface area (Å²) in [5.74, 6) is 0.436. The van der Waals surface area contributed by atoms with E-state index < -0.39 is 11.7 Å². The van der Waals surface area contributed by atoms with Gasteiger partial charge in [0.05, 0.1) is 5.56 Å². The number of aromatic nitrogens is 2. The fourth-order valence-corrected chi connectivity index (χ4v) is 1.68. The lowest BCUT2D eigenvalue weighted by molar-refractivity contribution is -0.137. The van der Waals surface area contributed by atoms with Crippen LogP contribution >= 0.6 is 11.6 Å². The van der Waals surface area contributed by atoms with Crippen molar-refractivity contribution in [3.63, 3.8) is 0 Å². The standard InChI is InChI=1S/C11H9ClF3N3/c1-18-3-2-16-10(18)17-9-5-7(11(13,14)15)4-8(12)6-9/h2-6H,1H3,(H,16,17). The Morgan fingerprint density at radius 2 is 2.00 bits per heavy atom. The van der Waals surface area contributed by atoms with Crippen LogP contribution in [0.25, 0.3) is 0 Å². The molecule has 0 saturated carbocycles. The summed E-state index contributed by atoms with van der Waals surface area (Å²) < 4.78 is 39.4. The molecule has 0 atom stereocenters. The Labute approximate surface area is 106 Å². The number of imidazole rings is 1. The monoisotopic (exact) mass is 275 g/mol. The highest BCUT2D eigenvalue weighted by atomic mass is 35.5. The van der Waals surface area contributed by atoms with Crippen molar-refractivity contribution < 1.29 is 13.2 Å². The van der Waals surface area contributed by atoms with Crippen molar-refractivity contribution in [1.82, 2.24) is 9.55 Å². The number of hydrogen-bond donors (Lipinski definition) is 1. The van der Waals surface area contributed by atoms with Crippen molar-refractivity contribution in [2.24, 2.45) is 7.05 Å². The molecule has 7 heteroatoms. The van der Waals surface area contributed by atoms with E-state index in [4.69, 9.17) is 11.6 Å². The molecule has 0 fully saturated rings. The molecule has 2 aromatic rings. The smallest absolute Gasteiger partial charge is 0.326 e. The molecule has 1 heterocycles. The minimum Gasteiger partial charge on any atom is -0.326 e. The van der Waals surface area contributed by atoms with Crippen molar-refractivity contribution >= 4 is 23.2 Å². The van der Waals surface area contributed by atoms with Crippen molar-refractivity contribution in [3.05, 3.63) is 41.2 Å². The van der Waals surface area contributed by atoms with Gasteiger partial charge in [0.2, 0.25) is 5.95 Å². The van der Waals surface area contributed by atoms with Gasteiger partial charge in [-0.15, -0.1) is 0 Å². The summed E-state index contributed by atoms with van der Waals surface area (Å²) in [4.78, 5) is 3.96. The van der Waals surface area contributed by atoms with E-state index in [0.717, 1.165) is 12.1 Å². The molecule has 0 aliphatic rings. The normalized spacial score (nSPS) is 11.6. The third-order valence-electron chi connectivity index (χ3n) is 2.30. The van der Waals surface area contributed by atoms with Crippen LogP contribution in [0.4, 0.5) is 24.8 Å². The number of alkyl halides is 3. The fraction of sp³-hybridized carbons (Fsp3) is 0.182. The summed E-state index contributed by atoms with van der Waals surface area (Å²) in [6.45, 7) is 0. The van der Waals surface area contributed by atoms with Crippen molar-refractivity contribution in [1.29, 1.82) is 0 Å². The molecule has 1 N–H and O–H groups in total. The predicted molar refractivity (Wildman–Crippen MR) is 62.9 cm³/mol. The maximum absolute atomic E-state index is 12.6. The molecule has 1 aromatic carbocycles. The molecule has 0 amide bonds. The molecule has 18 heavy (non-hydrogen) atoms. The quantitative estimate of drug-likeness (QED) is 0.902. The zero-order valence-corrected chi connectivity index (χ0v) is 10.0. The second-order valence-corrected chi connectivity index (χ2v) is 4.15. The zero-order valence-electron chi connectivity index (χ0n) is 9.29. The summed E-state index contributed by atoms with van der Waals surface area (Å²) in [7, 11) is 1.73. The second-order valence-electron chi connectivity index (χ2n) is 3.71. The van der Waals surface area contributed by atoms with E-state index in [1.165, 1.54) is 12.3 Å². The molecular weight excluding hydrogens is 267 g/mol. The van der Waals surface area contributed by atoms with E-state index in [0.29, 0.717) is 5.95 Å². The Balaban J connectivity index is 2.35. The second kappa shape index (κ2) is 4.53. The predicted octanol–water partition coefficient (Wildman–Crippen LogP) is 3.84. The molecule has 0 aliphatic heterocycles. The molecule has 0 radical (unpaired) electrons. The number of anilines is 2. The highest BCUT2D eigenvalue weighted by Crippen LogP contribution is 2.33. The van der Waals surface area contributed by atoms with Gasteiger partial charge in [0, 0.05) is 30.2 Å². The summed E-state index contributed by atoms with van der Waals surface area (Å²) in [5, 5.41) is 2.79. The summed E-state index contributed by atoms with van der Waals surface area (Å²) in [6.07, 6.45) is -1.21. The lowest BCUT2D eigenvalue weighted by atomic mass is 10.2. The van der Waals surface area contributed by atoms with Crippen LogP contribution in [0.1, 0.15) is 5.56 Å². The highest BCUT2D eigenvalue weighted by Gasteiger charge is 2.31. The minimum atomic E-state index is -4.43. The van der Waals surface area contributed by atoms with Gasteiger partial charge in [-0.2, -0.15) is 13.2 Å². The molecule has 0 bridgehead atoms. The van der Waals surface area contributed by atoms with Gasteiger partial charge in [0.1, 0.15) is 0 Å². The Morgan fingerprint density at radius 3 is 2.56 bits per heavy atom. The van der Waals surface area contributed by atoms with Gasteiger partial charge in [-0.25, -0.2) is 4.98 Å². The molecule has 0 unspecified atom stereocenters. The average molecular weight is 276 g/mol. The van der Waals surface area contributed by atoms with Crippen LogP contribution in [-0.2, 0) is 13.2 Å². The van der Waals surface area contributed by atoms with Crippen LogP contribution in [0.15, 0.2) is 30.6 Å². The number of rotatable bonds is 2. The van der Waals surface area contributed by atoms with Crippen molar-refractivity contribution in [2.45, 2.75) is 6.18 Å². The van der Waals surface area contributed by atoms with Crippen LogP contribution < -0.4 is 5.32 Å². The molecule has 0 saturated heterocycles. The van der Waals surface area contributed by atoms with E-state index in [1.807, 2.05) is 0 Å². The minimum absolute atomic E-state index is 0.0153. The Bertz CT molecular complexity index is 563. The van der Waals surface area contributed by atoms with E-state index in [9.17, 15) is 13.2 Å². The van der Waals surface area contributed by atoms with E-state index >= 15 is 0 Å². The summed E-state index contributed by atoms with van der Waals surface area (Å²) >= 11 is 5.67. The van der Waals surface area contributed by atoms with E-state index in [2.05, 4.69) is 10.3 Å². The number of nitrogens with one attached hydrogen (secondary N) is 1. The fourth-order valence-electron chi connectivity index (χ4n) is 1.44. The topological polar surface area (TPSA) is 29.9 Å². The lowest BCUT2D eigenvalue weighted by Crippen LogP contribution is -2.06. The first-order valence-corrected chi connectivity index (χ1v) is 5.36. The maximum atomic E-state index is 12.6. The molecular formula is C11H9ClF3N3.